The lowest BCUT2D eigenvalue weighted by Gasteiger charge is -2.31. The Labute approximate surface area is 198 Å². The van der Waals surface area contributed by atoms with Gasteiger partial charge >= 0.3 is 0 Å². The Bertz CT molecular complexity index is 1060. The van der Waals surface area contributed by atoms with Crippen LogP contribution in [-0.4, -0.2) is 50.3 Å². The predicted octanol–water partition coefficient (Wildman–Crippen LogP) is 3.86. The van der Waals surface area contributed by atoms with Gasteiger partial charge in [0.05, 0.1) is 5.75 Å². The number of anilines is 1. The van der Waals surface area contributed by atoms with E-state index >= 15 is 0 Å². The smallest absolute Gasteiger partial charge is 0.233 e. The summed E-state index contributed by atoms with van der Waals surface area (Å²) in [4.78, 5) is 27.2. The third-order valence-electron chi connectivity index (χ3n) is 5.90. The summed E-state index contributed by atoms with van der Waals surface area (Å²) < 4.78 is 2.07. The van der Waals surface area contributed by atoms with Crippen molar-refractivity contribution in [1.29, 1.82) is 0 Å². The molecule has 172 valence electrons. The molecule has 1 aliphatic rings. The van der Waals surface area contributed by atoms with Crippen molar-refractivity contribution >= 4 is 29.3 Å². The summed E-state index contributed by atoms with van der Waals surface area (Å²) >= 11 is 1.43. The van der Waals surface area contributed by atoms with Gasteiger partial charge in [0, 0.05) is 37.7 Å². The van der Waals surface area contributed by atoms with Crippen LogP contribution in [0.15, 0.2) is 65.8 Å². The Morgan fingerprint density at radius 1 is 1.00 bits per heavy atom. The standard InChI is InChI=1S/C25H29N5O2S/c1-2-30-22(17-19-9-5-3-6-10-19)27-28-25(30)33-18-23(31)29-15-13-20(14-16-29)24(32)26-21-11-7-4-8-12-21/h3-12,20H,2,13-18H2,1H3,(H,26,32). The molecular formula is C25H29N5O2S. The molecule has 0 saturated carbocycles. The summed E-state index contributed by atoms with van der Waals surface area (Å²) in [5.74, 6) is 1.28. The highest BCUT2D eigenvalue weighted by atomic mass is 32.2. The number of aromatic nitrogens is 3. The number of rotatable bonds is 8. The second kappa shape index (κ2) is 11.1. The third-order valence-corrected chi connectivity index (χ3v) is 6.85. The van der Waals surface area contributed by atoms with Crippen molar-refractivity contribution in [2.75, 3.05) is 24.2 Å². The van der Waals surface area contributed by atoms with Crippen molar-refractivity contribution in [1.82, 2.24) is 19.7 Å². The Hall–Kier alpha value is -3.13. The molecule has 0 unspecified atom stereocenters. The summed E-state index contributed by atoms with van der Waals surface area (Å²) in [5.41, 5.74) is 2.00. The minimum Gasteiger partial charge on any atom is -0.342 e. The molecule has 1 aromatic heterocycles. The van der Waals surface area contributed by atoms with E-state index in [2.05, 4.69) is 39.1 Å². The number of amides is 2. The van der Waals surface area contributed by atoms with Crippen LogP contribution >= 0.6 is 11.8 Å². The van der Waals surface area contributed by atoms with Crippen molar-refractivity contribution in [3.8, 4) is 0 Å². The zero-order valence-corrected chi connectivity index (χ0v) is 19.6. The molecule has 2 amide bonds. The van der Waals surface area contributed by atoms with Crippen molar-refractivity contribution in [2.45, 2.75) is 37.9 Å². The number of nitrogens with one attached hydrogen (secondary N) is 1. The zero-order valence-electron chi connectivity index (χ0n) is 18.8. The molecule has 0 radical (unpaired) electrons. The van der Waals surface area contributed by atoms with Gasteiger partial charge in [0.1, 0.15) is 5.82 Å². The molecule has 8 heteroatoms. The molecule has 1 N–H and O–H groups in total. The fraction of sp³-hybridized carbons (Fsp3) is 0.360. The van der Waals surface area contributed by atoms with E-state index in [4.69, 9.17) is 0 Å². The van der Waals surface area contributed by atoms with Crippen LogP contribution < -0.4 is 5.32 Å². The molecular weight excluding hydrogens is 434 g/mol. The number of hydrogen-bond donors (Lipinski definition) is 1. The van der Waals surface area contributed by atoms with Crippen molar-refractivity contribution in [3.05, 3.63) is 72.1 Å². The zero-order chi connectivity index (χ0) is 23.0. The highest BCUT2D eigenvalue weighted by Gasteiger charge is 2.27. The molecule has 2 heterocycles. The van der Waals surface area contributed by atoms with Gasteiger partial charge in [-0.2, -0.15) is 0 Å². The highest BCUT2D eigenvalue weighted by Crippen LogP contribution is 2.23. The van der Waals surface area contributed by atoms with E-state index in [-0.39, 0.29) is 17.7 Å². The Balaban J connectivity index is 1.26. The fourth-order valence-electron chi connectivity index (χ4n) is 4.03. The second-order valence-electron chi connectivity index (χ2n) is 8.10. The maximum atomic E-state index is 12.8. The van der Waals surface area contributed by atoms with Gasteiger partial charge in [-0.15, -0.1) is 10.2 Å². The quantitative estimate of drug-likeness (QED) is 0.513. The van der Waals surface area contributed by atoms with Crippen LogP contribution in [0.5, 0.6) is 0 Å². The second-order valence-corrected chi connectivity index (χ2v) is 9.05. The molecule has 3 aromatic rings. The van der Waals surface area contributed by atoms with Crippen molar-refractivity contribution in [3.63, 3.8) is 0 Å². The van der Waals surface area contributed by atoms with Gasteiger partial charge in [-0.1, -0.05) is 60.3 Å². The third kappa shape index (κ3) is 6.01. The molecule has 0 spiro atoms. The lowest BCUT2D eigenvalue weighted by molar-refractivity contribution is -0.132. The van der Waals surface area contributed by atoms with Crippen LogP contribution in [0.1, 0.15) is 31.2 Å². The van der Waals surface area contributed by atoms with Gasteiger partial charge in [0.25, 0.3) is 0 Å². The predicted molar refractivity (Wildman–Crippen MR) is 130 cm³/mol. The number of carbonyl (C=O) groups excluding carboxylic acids is 2. The van der Waals surface area contributed by atoms with Crippen LogP contribution in [0.25, 0.3) is 0 Å². The Kier molecular flexibility index (Phi) is 7.78. The summed E-state index contributed by atoms with van der Waals surface area (Å²) in [5, 5.41) is 12.4. The summed E-state index contributed by atoms with van der Waals surface area (Å²) in [6, 6.07) is 19.7. The monoisotopic (exact) mass is 463 g/mol. The highest BCUT2D eigenvalue weighted by molar-refractivity contribution is 7.99. The first-order valence-electron chi connectivity index (χ1n) is 11.4. The minimum atomic E-state index is -0.0642. The summed E-state index contributed by atoms with van der Waals surface area (Å²) in [6.07, 6.45) is 2.08. The van der Waals surface area contributed by atoms with Crippen LogP contribution in [0.4, 0.5) is 5.69 Å². The van der Waals surface area contributed by atoms with Crippen LogP contribution in [0.3, 0.4) is 0 Å². The van der Waals surface area contributed by atoms with E-state index in [1.807, 2.05) is 53.4 Å². The molecule has 1 fully saturated rings. The molecule has 0 aliphatic carbocycles. The van der Waals surface area contributed by atoms with Crippen molar-refractivity contribution in [2.24, 2.45) is 5.92 Å². The number of para-hydroxylation sites is 1. The fourth-order valence-corrected chi connectivity index (χ4v) is 4.95. The Morgan fingerprint density at radius 2 is 1.67 bits per heavy atom. The number of thioether (sulfide) groups is 1. The summed E-state index contributed by atoms with van der Waals surface area (Å²) in [6.45, 7) is 4.03. The first-order chi connectivity index (χ1) is 16.1. The van der Waals surface area contributed by atoms with Crippen LogP contribution in [-0.2, 0) is 22.6 Å². The number of hydrogen-bond acceptors (Lipinski definition) is 5. The lowest BCUT2D eigenvalue weighted by atomic mass is 9.96. The topological polar surface area (TPSA) is 80.1 Å². The first kappa shape index (κ1) is 23.0. The largest absolute Gasteiger partial charge is 0.342 e. The van der Waals surface area contributed by atoms with E-state index in [9.17, 15) is 9.59 Å². The van der Waals surface area contributed by atoms with E-state index < -0.39 is 0 Å². The number of likely N-dealkylation sites (tertiary alicyclic amines) is 1. The molecule has 0 bridgehead atoms. The molecule has 4 rings (SSSR count). The summed E-state index contributed by atoms with van der Waals surface area (Å²) in [7, 11) is 0. The van der Waals surface area contributed by atoms with E-state index in [1.165, 1.54) is 17.3 Å². The molecule has 2 aromatic carbocycles. The number of nitrogens with zero attached hydrogens (tertiary/aromatic N) is 4. The van der Waals surface area contributed by atoms with E-state index in [0.717, 1.165) is 29.6 Å². The van der Waals surface area contributed by atoms with Gasteiger partial charge in [-0.3, -0.25) is 9.59 Å². The van der Waals surface area contributed by atoms with Gasteiger partial charge in [0.15, 0.2) is 5.16 Å². The van der Waals surface area contributed by atoms with Gasteiger partial charge in [-0.05, 0) is 37.5 Å². The molecule has 1 aliphatic heterocycles. The molecule has 1 saturated heterocycles. The number of piperidine rings is 1. The maximum Gasteiger partial charge on any atom is 0.233 e. The normalized spacial score (nSPS) is 14.3. The SMILES string of the molecule is CCn1c(Cc2ccccc2)nnc1SCC(=O)N1CCC(C(=O)Nc2ccccc2)CC1. The molecule has 7 nitrogen and oxygen atoms in total. The van der Waals surface area contributed by atoms with Gasteiger partial charge in [0.2, 0.25) is 11.8 Å². The van der Waals surface area contributed by atoms with E-state index in [0.29, 0.717) is 31.7 Å². The van der Waals surface area contributed by atoms with Crippen LogP contribution in [0, 0.1) is 5.92 Å². The molecule has 0 atom stereocenters. The minimum absolute atomic E-state index is 0.0321. The Morgan fingerprint density at radius 3 is 2.33 bits per heavy atom. The number of carbonyl (C=O) groups is 2. The first-order valence-corrected chi connectivity index (χ1v) is 12.3. The average Bonchev–Trinajstić information content (AvgIpc) is 3.25. The average molecular weight is 464 g/mol. The molecule has 33 heavy (non-hydrogen) atoms. The lowest BCUT2D eigenvalue weighted by Crippen LogP contribution is -2.42. The van der Waals surface area contributed by atoms with Gasteiger partial charge in [-0.25, -0.2) is 0 Å². The maximum absolute atomic E-state index is 12.8. The number of benzene rings is 2. The van der Waals surface area contributed by atoms with Crippen LogP contribution in [0.2, 0.25) is 0 Å². The van der Waals surface area contributed by atoms with Gasteiger partial charge < -0.3 is 14.8 Å². The van der Waals surface area contributed by atoms with E-state index in [1.54, 1.807) is 0 Å². The van der Waals surface area contributed by atoms with Crippen molar-refractivity contribution < 1.29 is 9.59 Å².